The Hall–Kier alpha value is -1.57. The van der Waals surface area contributed by atoms with Crippen molar-refractivity contribution in [1.82, 2.24) is 0 Å². The maximum atomic E-state index is 13.8. The summed E-state index contributed by atoms with van der Waals surface area (Å²) in [5, 5.41) is 23.6. The van der Waals surface area contributed by atoms with Crippen LogP contribution in [0.4, 0.5) is 0 Å². The number of aliphatic hydroxyl groups is 2. The Kier molecular flexibility index (Phi) is 3.67. The van der Waals surface area contributed by atoms with E-state index in [-0.39, 0.29) is 24.3 Å². The first-order valence-corrected chi connectivity index (χ1v) is 11.6. The second-order valence-electron chi connectivity index (χ2n) is 11.5. The molecule has 0 amide bonds. The molecule has 0 aromatic rings. The monoisotopic (exact) mass is 430 g/mol. The quantitative estimate of drug-likeness (QED) is 0.505. The Bertz CT molecular complexity index is 934. The van der Waals surface area contributed by atoms with Crippen LogP contribution in [0.1, 0.15) is 52.4 Å². The smallest absolute Gasteiger partial charge is 0.309 e. The zero-order chi connectivity index (χ0) is 22.1. The maximum Gasteiger partial charge on any atom is 0.309 e. The third-order valence-corrected chi connectivity index (χ3v) is 9.77. The first-order valence-electron chi connectivity index (χ1n) is 11.6. The molecule has 8 atom stereocenters. The van der Waals surface area contributed by atoms with Gasteiger partial charge in [-0.05, 0) is 49.0 Å². The molecule has 0 aromatic carbocycles. The minimum Gasteiger partial charge on any atom is -0.460 e. The van der Waals surface area contributed by atoms with Crippen molar-refractivity contribution in [1.29, 1.82) is 0 Å². The van der Waals surface area contributed by atoms with Crippen LogP contribution in [0.15, 0.2) is 12.2 Å². The topological polar surface area (TPSA) is 110 Å². The van der Waals surface area contributed by atoms with Crippen LogP contribution in [-0.4, -0.2) is 52.4 Å². The van der Waals surface area contributed by atoms with Crippen LogP contribution >= 0.6 is 0 Å². The molecular formula is C24H30O7. The van der Waals surface area contributed by atoms with Crippen molar-refractivity contribution in [3.63, 3.8) is 0 Å². The third-order valence-electron chi connectivity index (χ3n) is 9.77. The Morgan fingerprint density at radius 2 is 1.90 bits per heavy atom. The van der Waals surface area contributed by atoms with Crippen LogP contribution in [0.2, 0.25) is 0 Å². The molecule has 2 N–H and O–H groups in total. The second-order valence-corrected chi connectivity index (χ2v) is 11.5. The summed E-state index contributed by atoms with van der Waals surface area (Å²) in [6.45, 7) is 8.00. The van der Waals surface area contributed by atoms with Crippen LogP contribution in [0.3, 0.4) is 0 Å². The predicted molar refractivity (Wildman–Crippen MR) is 106 cm³/mol. The summed E-state index contributed by atoms with van der Waals surface area (Å²) in [5.41, 5.74) is -2.87. The van der Waals surface area contributed by atoms with Crippen LogP contribution in [-0.2, 0) is 23.9 Å². The van der Waals surface area contributed by atoms with Gasteiger partial charge in [0.2, 0.25) is 5.79 Å². The van der Waals surface area contributed by atoms with Gasteiger partial charge in [-0.1, -0.05) is 20.4 Å². The minimum atomic E-state index is -2.22. The van der Waals surface area contributed by atoms with Crippen molar-refractivity contribution in [2.45, 2.75) is 70.4 Å². The van der Waals surface area contributed by atoms with Crippen LogP contribution in [0.25, 0.3) is 0 Å². The lowest BCUT2D eigenvalue weighted by atomic mass is 9.36. The number of esters is 1. The van der Waals surface area contributed by atoms with Gasteiger partial charge in [0.25, 0.3) is 0 Å². The third kappa shape index (κ3) is 1.97. The minimum absolute atomic E-state index is 0.0157. The number of rotatable bonds is 2. The van der Waals surface area contributed by atoms with Crippen molar-refractivity contribution >= 4 is 17.5 Å². The van der Waals surface area contributed by atoms with Gasteiger partial charge in [0, 0.05) is 18.3 Å². The molecule has 2 heterocycles. The fourth-order valence-corrected chi connectivity index (χ4v) is 8.31. The summed E-state index contributed by atoms with van der Waals surface area (Å²) >= 11 is 0. The maximum absolute atomic E-state index is 13.8. The highest BCUT2D eigenvalue weighted by Gasteiger charge is 2.88. The molecule has 7 nitrogen and oxygen atoms in total. The molecule has 0 aromatic heterocycles. The number of carbonyl (C=O) groups is 3. The molecule has 5 aliphatic carbocycles. The molecular weight excluding hydrogens is 400 g/mol. The van der Waals surface area contributed by atoms with Gasteiger partial charge in [-0.15, -0.1) is 0 Å². The number of hydrogen-bond donors (Lipinski definition) is 2. The summed E-state index contributed by atoms with van der Waals surface area (Å²) in [6.07, 6.45) is 1.15. The van der Waals surface area contributed by atoms with Gasteiger partial charge in [-0.25, -0.2) is 0 Å². The molecule has 7 rings (SSSR count). The van der Waals surface area contributed by atoms with E-state index in [1.807, 2.05) is 13.8 Å². The van der Waals surface area contributed by atoms with Gasteiger partial charge in [-0.2, -0.15) is 0 Å². The zero-order valence-corrected chi connectivity index (χ0v) is 18.1. The number of Topliss-reactive ketones (excluding diaryl/α,β-unsaturated/α-hetero) is 2. The van der Waals surface area contributed by atoms with E-state index in [1.165, 1.54) is 0 Å². The molecule has 4 bridgehead atoms. The molecule has 2 unspecified atom stereocenters. The summed E-state index contributed by atoms with van der Waals surface area (Å²) in [5.74, 6) is -4.71. The van der Waals surface area contributed by atoms with Crippen LogP contribution < -0.4 is 0 Å². The fraction of sp³-hybridized carbons (Fsp3) is 0.792. The highest BCUT2D eigenvalue weighted by Crippen LogP contribution is 2.76. The fourth-order valence-electron chi connectivity index (χ4n) is 8.31. The number of fused-ring (bicyclic) bond motifs is 2. The summed E-state index contributed by atoms with van der Waals surface area (Å²) in [4.78, 5) is 40.1. The van der Waals surface area contributed by atoms with Crippen molar-refractivity contribution in [2.75, 3.05) is 6.61 Å². The van der Waals surface area contributed by atoms with Gasteiger partial charge in [0.1, 0.15) is 23.4 Å². The lowest BCUT2D eigenvalue weighted by Crippen LogP contribution is -2.85. The Morgan fingerprint density at radius 1 is 1.19 bits per heavy atom. The standard InChI is InChI=1S/C24H30O7/c1-11-13-6-7-14-22-10-30-24(29,18(27)16(22)21(2,3)9-8-15(22)25)23(14,17(11)26)19(13)31-20(28)12-4-5-12/h12-14,16,18-19,27,29H,1,4-10H2,2-3H3/t13-,14-,16+,18-,19+,22?,23?,24-/m0/s1. The highest BCUT2D eigenvalue weighted by atomic mass is 16.6. The van der Waals surface area contributed by atoms with Crippen molar-refractivity contribution < 1.29 is 34.1 Å². The lowest BCUT2D eigenvalue weighted by Gasteiger charge is -2.72. The summed E-state index contributed by atoms with van der Waals surface area (Å²) in [6, 6.07) is 0. The molecule has 0 radical (unpaired) electrons. The molecule has 31 heavy (non-hydrogen) atoms. The summed E-state index contributed by atoms with van der Waals surface area (Å²) < 4.78 is 11.9. The zero-order valence-electron chi connectivity index (χ0n) is 18.1. The number of hydrogen-bond acceptors (Lipinski definition) is 7. The van der Waals surface area contributed by atoms with E-state index in [4.69, 9.17) is 9.47 Å². The first-order chi connectivity index (χ1) is 14.5. The molecule has 5 saturated carbocycles. The van der Waals surface area contributed by atoms with E-state index >= 15 is 0 Å². The van der Waals surface area contributed by atoms with E-state index in [0.29, 0.717) is 31.3 Å². The molecule has 7 heteroatoms. The average molecular weight is 430 g/mol. The molecule has 7 fully saturated rings. The molecule has 2 spiro atoms. The number of ether oxygens (including phenoxy) is 2. The van der Waals surface area contributed by atoms with E-state index < -0.39 is 57.8 Å². The summed E-state index contributed by atoms with van der Waals surface area (Å²) in [7, 11) is 0. The number of ketones is 2. The van der Waals surface area contributed by atoms with Crippen molar-refractivity contribution in [3.05, 3.63) is 12.2 Å². The van der Waals surface area contributed by atoms with E-state index in [2.05, 4.69) is 6.58 Å². The Morgan fingerprint density at radius 3 is 2.58 bits per heavy atom. The molecule has 2 aliphatic heterocycles. The second kappa shape index (κ2) is 5.67. The molecule has 2 saturated heterocycles. The van der Waals surface area contributed by atoms with Crippen molar-refractivity contribution in [2.24, 2.45) is 39.9 Å². The largest absolute Gasteiger partial charge is 0.460 e. The van der Waals surface area contributed by atoms with Gasteiger partial charge in [-0.3, -0.25) is 14.4 Å². The SMILES string of the molecule is C=C1C(=O)C23[C@H](OC(=O)C4CC4)[C@H]1CC[C@H]2C12CO[C@@]3(O)[C@@H](O)[C@@H]1C(C)(C)CCC2=O. The van der Waals surface area contributed by atoms with Crippen LogP contribution in [0, 0.1) is 39.9 Å². The van der Waals surface area contributed by atoms with Gasteiger partial charge in [0.15, 0.2) is 5.78 Å². The van der Waals surface area contributed by atoms with E-state index in [1.54, 1.807) is 0 Å². The van der Waals surface area contributed by atoms with Gasteiger partial charge >= 0.3 is 5.97 Å². The van der Waals surface area contributed by atoms with Crippen LogP contribution in [0.5, 0.6) is 0 Å². The first kappa shape index (κ1) is 20.1. The van der Waals surface area contributed by atoms with E-state index in [0.717, 1.165) is 12.8 Å². The van der Waals surface area contributed by atoms with E-state index in [9.17, 15) is 24.6 Å². The Labute approximate surface area is 181 Å². The Balaban J connectivity index is 1.58. The normalized spacial score (nSPS) is 52.0. The number of carbonyl (C=O) groups excluding carboxylic acids is 3. The van der Waals surface area contributed by atoms with Gasteiger partial charge < -0.3 is 19.7 Å². The predicted octanol–water partition coefficient (Wildman–Crippen LogP) is 1.54. The molecule has 7 aliphatic rings. The molecule has 168 valence electrons. The highest BCUT2D eigenvalue weighted by molar-refractivity contribution is 6.06. The average Bonchev–Trinajstić information content (AvgIpc) is 3.55. The van der Waals surface area contributed by atoms with Crippen molar-refractivity contribution in [3.8, 4) is 0 Å². The number of aliphatic hydroxyl groups excluding tert-OH is 1. The lowest BCUT2D eigenvalue weighted by molar-refractivity contribution is -0.437. The van der Waals surface area contributed by atoms with Gasteiger partial charge in [0.05, 0.1) is 17.9 Å².